The molecular formula is C15H18N2O5S. The molecule has 8 heteroatoms. The normalized spacial score (nSPS) is 17.7. The summed E-state index contributed by atoms with van der Waals surface area (Å²) in [6.45, 7) is 3.42. The topological polar surface area (TPSA) is 95.9 Å². The number of benzene rings is 1. The summed E-state index contributed by atoms with van der Waals surface area (Å²) >= 11 is 0.823. The van der Waals surface area contributed by atoms with Crippen LogP contribution in [-0.2, 0) is 14.3 Å². The largest absolute Gasteiger partial charge is 0.508 e. The van der Waals surface area contributed by atoms with E-state index >= 15 is 0 Å². The van der Waals surface area contributed by atoms with Crippen molar-refractivity contribution in [3.63, 3.8) is 0 Å². The Labute approximate surface area is 138 Å². The van der Waals surface area contributed by atoms with E-state index in [1.54, 1.807) is 26.0 Å². The Morgan fingerprint density at radius 1 is 1.43 bits per heavy atom. The Balaban J connectivity index is 1.92. The molecule has 124 valence electrons. The molecule has 1 atom stereocenters. The molecule has 1 aromatic rings. The number of hydrogen-bond acceptors (Lipinski definition) is 7. The van der Waals surface area contributed by atoms with Crippen molar-refractivity contribution in [1.82, 2.24) is 4.90 Å². The van der Waals surface area contributed by atoms with Crippen molar-refractivity contribution in [3.8, 4) is 5.75 Å². The average molecular weight is 338 g/mol. The lowest BCUT2D eigenvalue weighted by molar-refractivity contribution is -0.148. The Hall–Kier alpha value is -2.22. The van der Waals surface area contributed by atoms with Crippen molar-refractivity contribution in [2.24, 2.45) is 0 Å². The molecule has 23 heavy (non-hydrogen) atoms. The second-order valence-corrected chi connectivity index (χ2v) is 6.42. The molecule has 2 rings (SSSR count). The summed E-state index contributed by atoms with van der Waals surface area (Å²) in [4.78, 5) is 36.8. The molecular weight excluding hydrogens is 320 g/mol. The molecule has 7 nitrogen and oxygen atoms in total. The summed E-state index contributed by atoms with van der Waals surface area (Å²) in [6, 6.07) is 6.35. The van der Waals surface area contributed by atoms with Gasteiger partial charge in [-0.05, 0) is 26.0 Å². The predicted octanol–water partition coefficient (Wildman–Crippen LogP) is 2.17. The number of carbonyl (C=O) groups is 3. The summed E-state index contributed by atoms with van der Waals surface area (Å²) in [5.41, 5.74) is 0.582. The molecule has 0 spiro atoms. The van der Waals surface area contributed by atoms with Gasteiger partial charge in [-0.15, -0.1) is 0 Å². The van der Waals surface area contributed by atoms with Gasteiger partial charge in [0.2, 0.25) is 5.91 Å². The number of ether oxygens (including phenoxy) is 1. The van der Waals surface area contributed by atoms with Crippen molar-refractivity contribution < 1.29 is 24.2 Å². The minimum absolute atomic E-state index is 0.0240. The zero-order valence-electron chi connectivity index (χ0n) is 12.8. The van der Waals surface area contributed by atoms with E-state index in [0.29, 0.717) is 5.69 Å². The minimum atomic E-state index is -0.750. The maximum absolute atomic E-state index is 12.2. The van der Waals surface area contributed by atoms with Crippen LogP contribution in [0.1, 0.15) is 20.3 Å². The van der Waals surface area contributed by atoms with Crippen LogP contribution in [0.2, 0.25) is 0 Å². The highest BCUT2D eigenvalue weighted by atomic mass is 32.2. The lowest BCUT2D eigenvalue weighted by atomic mass is 10.2. The first-order chi connectivity index (χ1) is 10.9. The van der Waals surface area contributed by atoms with Crippen LogP contribution in [0.3, 0.4) is 0 Å². The number of nitrogens with zero attached hydrogens (tertiary/aromatic N) is 1. The Morgan fingerprint density at radius 2 is 2.17 bits per heavy atom. The SMILES string of the molecule is CC(C)OC(=O)CC1SC(=O)N(CNc2cccc(O)c2)C1=O. The lowest BCUT2D eigenvalue weighted by Gasteiger charge is -2.15. The molecule has 1 saturated heterocycles. The van der Waals surface area contributed by atoms with Gasteiger partial charge in [0.1, 0.15) is 11.0 Å². The van der Waals surface area contributed by atoms with Crippen LogP contribution in [0.4, 0.5) is 10.5 Å². The van der Waals surface area contributed by atoms with Gasteiger partial charge in [-0.1, -0.05) is 17.8 Å². The van der Waals surface area contributed by atoms with Gasteiger partial charge in [0.15, 0.2) is 0 Å². The highest BCUT2D eigenvalue weighted by molar-refractivity contribution is 8.15. The van der Waals surface area contributed by atoms with E-state index in [1.807, 2.05) is 0 Å². The van der Waals surface area contributed by atoms with Gasteiger partial charge in [0, 0.05) is 11.8 Å². The summed E-state index contributed by atoms with van der Waals surface area (Å²) in [5.74, 6) is -0.840. The number of anilines is 1. The fourth-order valence-corrected chi connectivity index (χ4v) is 2.99. The zero-order valence-corrected chi connectivity index (χ0v) is 13.6. The molecule has 1 heterocycles. The smallest absolute Gasteiger partial charge is 0.307 e. The van der Waals surface area contributed by atoms with E-state index in [1.165, 1.54) is 12.1 Å². The second-order valence-electron chi connectivity index (χ2n) is 5.27. The number of phenols is 1. The predicted molar refractivity (Wildman–Crippen MR) is 86.1 cm³/mol. The number of phenolic OH excluding ortho intramolecular Hbond substituents is 1. The van der Waals surface area contributed by atoms with Crippen LogP contribution in [-0.4, -0.2) is 45.1 Å². The van der Waals surface area contributed by atoms with E-state index < -0.39 is 22.4 Å². The molecule has 1 unspecified atom stereocenters. The summed E-state index contributed by atoms with van der Waals surface area (Å²) in [6.07, 6.45) is -0.390. The first kappa shape index (κ1) is 17.1. The first-order valence-corrected chi connectivity index (χ1v) is 7.99. The van der Waals surface area contributed by atoms with Gasteiger partial charge in [-0.2, -0.15) is 0 Å². The number of hydrogen-bond donors (Lipinski definition) is 2. The number of rotatable bonds is 6. The summed E-state index contributed by atoms with van der Waals surface area (Å²) < 4.78 is 5.00. The van der Waals surface area contributed by atoms with Crippen molar-refractivity contribution in [3.05, 3.63) is 24.3 Å². The van der Waals surface area contributed by atoms with Crippen molar-refractivity contribution in [2.45, 2.75) is 31.6 Å². The number of esters is 1. The van der Waals surface area contributed by atoms with E-state index in [9.17, 15) is 19.5 Å². The zero-order chi connectivity index (χ0) is 17.0. The third-order valence-corrected chi connectivity index (χ3v) is 4.09. The number of thioether (sulfide) groups is 1. The number of nitrogens with one attached hydrogen (secondary N) is 1. The molecule has 1 aliphatic rings. The highest BCUT2D eigenvalue weighted by Gasteiger charge is 2.40. The molecule has 0 bridgehead atoms. The quantitative estimate of drug-likeness (QED) is 0.767. The lowest BCUT2D eigenvalue weighted by Crippen LogP contribution is -2.36. The molecule has 0 saturated carbocycles. The fourth-order valence-electron chi connectivity index (χ4n) is 2.02. The summed E-state index contributed by atoms with van der Waals surface area (Å²) in [7, 11) is 0. The maximum Gasteiger partial charge on any atom is 0.307 e. The van der Waals surface area contributed by atoms with Crippen molar-refractivity contribution in [2.75, 3.05) is 12.0 Å². The van der Waals surface area contributed by atoms with Crippen LogP contribution >= 0.6 is 11.8 Å². The number of amides is 2. The van der Waals surface area contributed by atoms with Crippen LogP contribution in [0.15, 0.2) is 24.3 Å². The van der Waals surface area contributed by atoms with Gasteiger partial charge in [0.25, 0.3) is 5.24 Å². The van der Waals surface area contributed by atoms with Crippen LogP contribution in [0, 0.1) is 0 Å². The summed E-state index contributed by atoms with van der Waals surface area (Å²) in [5, 5.41) is 11.1. The van der Waals surface area contributed by atoms with Gasteiger partial charge >= 0.3 is 5.97 Å². The second kappa shape index (κ2) is 7.36. The number of imide groups is 1. The highest BCUT2D eigenvalue weighted by Crippen LogP contribution is 2.29. The third-order valence-electron chi connectivity index (χ3n) is 3.01. The molecule has 2 N–H and O–H groups in total. The third kappa shape index (κ3) is 4.62. The van der Waals surface area contributed by atoms with Crippen molar-refractivity contribution >= 4 is 34.6 Å². The van der Waals surface area contributed by atoms with E-state index in [0.717, 1.165) is 16.7 Å². The van der Waals surface area contributed by atoms with Crippen LogP contribution in [0.5, 0.6) is 5.75 Å². The van der Waals surface area contributed by atoms with Crippen LogP contribution < -0.4 is 5.32 Å². The Bertz CT molecular complexity index is 620. The molecule has 1 aliphatic heterocycles. The molecule has 1 fully saturated rings. The molecule has 1 aromatic carbocycles. The van der Waals surface area contributed by atoms with Gasteiger partial charge in [-0.3, -0.25) is 19.3 Å². The van der Waals surface area contributed by atoms with Gasteiger partial charge < -0.3 is 15.2 Å². The van der Waals surface area contributed by atoms with Crippen molar-refractivity contribution in [1.29, 1.82) is 0 Å². The van der Waals surface area contributed by atoms with Gasteiger partial charge in [-0.25, -0.2) is 0 Å². The monoisotopic (exact) mass is 338 g/mol. The van der Waals surface area contributed by atoms with Gasteiger partial charge in [0.05, 0.1) is 19.2 Å². The van der Waals surface area contributed by atoms with E-state index in [-0.39, 0.29) is 24.9 Å². The standard InChI is InChI=1S/C15H18N2O5S/c1-9(2)22-13(19)7-12-14(20)17(15(21)23-12)8-16-10-4-3-5-11(18)6-10/h3-6,9,12,16,18H,7-8H2,1-2H3. The Morgan fingerprint density at radius 3 is 2.83 bits per heavy atom. The molecule has 0 radical (unpaired) electrons. The first-order valence-electron chi connectivity index (χ1n) is 7.11. The van der Waals surface area contributed by atoms with Crippen LogP contribution in [0.25, 0.3) is 0 Å². The fraction of sp³-hybridized carbons (Fsp3) is 0.400. The van der Waals surface area contributed by atoms with E-state index in [2.05, 4.69) is 5.32 Å². The minimum Gasteiger partial charge on any atom is -0.508 e. The molecule has 0 aliphatic carbocycles. The average Bonchev–Trinajstić information content (AvgIpc) is 2.70. The molecule has 2 amide bonds. The number of carbonyl (C=O) groups excluding carboxylic acids is 3. The molecule has 0 aromatic heterocycles. The maximum atomic E-state index is 12.2. The Kier molecular flexibility index (Phi) is 5.49. The van der Waals surface area contributed by atoms with E-state index in [4.69, 9.17) is 4.74 Å². The number of aromatic hydroxyl groups is 1.